The molecule has 0 amide bonds. The summed E-state index contributed by atoms with van der Waals surface area (Å²) in [5.41, 5.74) is 8.91. The zero-order chi connectivity index (χ0) is 13.0. The lowest BCUT2D eigenvalue weighted by atomic mass is 10.2. The van der Waals surface area contributed by atoms with E-state index in [4.69, 9.17) is 5.73 Å². The van der Waals surface area contributed by atoms with Crippen LogP contribution in [0, 0.1) is 6.92 Å². The highest BCUT2D eigenvalue weighted by Crippen LogP contribution is 2.19. The molecule has 0 aliphatic rings. The number of aromatic nitrogens is 1. The SMILES string of the molecule is Cc1nc(CCNCc2cc(N)ccc2Br)cs1. The molecule has 0 saturated carbocycles. The number of anilines is 1. The van der Waals surface area contributed by atoms with E-state index in [1.54, 1.807) is 11.3 Å². The third kappa shape index (κ3) is 3.80. The van der Waals surface area contributed by atoms with Crippen LogP contribution in [0.25, 0.3) is 0 Å². The second-order valence-electron chi connectivity index (χ2n) is 4.14. The fourth-order valence-electron chi connectivity index (χ4n) is 1.69. The molecule has 0 unspecified atom stereocenters. The summed E-state index contributed by atoms with van der Waals surface area (Å²) in [7, 11) is 0. The lowest BCUT2D eigenvalue weighted by molar-refractivity contribution is 0.679. The monoisotopic (exact) mass is 325 g/mol. The smallest absolute Gasteiger partial charge is 0.0897 e. The molecule has 0 spiro atoms. The van der Waals surface area contributed by atoms with Crippen LogP contribution in [0.3, 0.4) is 0 Å². The van der Waals surface area contributed by atoms with Crippen LogP contribution in [0.4, 0.5) is 5.69 Å². The number of thiazole rings is 1. The summed E-state index contributed by atoms with van der Waals surface area (Å²) in [6.45, 7) is 3.77. The molecule has 0 aliphatic heterocycles. The maximum atomic E-state index is 5.77. The Bertz CT molecular complexity index is 525. The van der Waals surface area contributed by atoms with Gasteiger partial charge in [0.05, 0.1) is 10.7 Å². The van der Waals surface area contributed by atoms with Crippen LogP contribution in [0.2, 0.25) is 0 Å². The number of hydrogen-bond donors (Lipinski definition) is 2. The molecular weight excluding hydrogens is 310 g/mol. The molecule has 2 aromatic rings. The lowest BCUT2D eigenvalue weighted by Gasteiger charge is -2.07. The van der Waals surface area contributed by atoms with Gasteiger partial charge in [-0.15, -0.1) is 11.3 Å². The first-order valence-electron chi connectivity index (χ1n) is 5.81. The van der Waals surface area contributed by atoms with Crippen LogP contribution >= 0.6 is 27.3 Å². The van der Waals surface area contributed by atoms with E-state index in [9.17, 15) is 0 Å². The highest BCUT2D eigenvalue weighted by atomic mass is 79.9. The zero-order valence-corrected chi connectivity index (χ0v) is 12.6. The van der Waals surface area contributed by atoms with Gasteiger partial charge in [0.2, 0.25) is 0 Å². The van der Waals surface area contributed by atoms with Gasteiger partial charge >= 0.3 is 0 Å². The number of halogens is 1. The molecule has 0 saturated heterocycles. The first kappa shape index (κ1) is 13.5. The van der Waals surface area contributed by atoms with Crippen molar-refractivity contribution in [2.45, 2.75) is 19.9 Å². The van der Waals surface area contributed by atoms with Gasteiger partial charge in [-0.05, 0) is 30.7 Å². The van der Waals surface area contributed by atoms with Crippen molar-refractivity contribution in [2.24, 2.45) is 0 Å². The lowest BCUT2D eigenvalue weighted by Crippen LogP contribution is -2.17. The quantitative estimate of drug-likeness (QED) is 0.656. The molecule has 96 valence electrons. The number of aryl methyl sites for hydroxylation is 1. The van der Waals surface area contributed by atoms with Crippen molar-refractivity contribution >= 4 is 33.0 Å². The topological polar surface area (TPSA) is 50.9 Å². The predicted molar refractivity (Wildman–Crippen MR) is 80.8 cm³/mol. The van der Waals surface area contributed by atoms with Crippen molar-refractivity contribution in [1.29, 1.82) is 0 Å². The molecule has 3 N–H and O–H groups in total. The molecule has 2 rings (SSSR count). The number of nitrogens with one attached hydrogen (secondary N) is 1. The van der Waals surface area contributed by atoms with Crippen molar-refractivity contribution in [1.82, 2.24) is 10.3 Å². The van der Waals surface area contributed by atoms with E-state index < -0.39 is 0 Å². The molecule has 0 radical (unpaired) electrons. The number of hydrogen-bond acceptors (Lipinski definition) is 4. The summed E-state index contributed by atoms with van der Waals surface area (Å²) in [5, 5.41) is 6.65. The van der Waals surface area contributed by atoms with Gasteiger partial charge in [-0.2, -0.15) is 0 Å². The molecule has 3 nitrogen and oxygen atoms in total. The van der Waals surface area contributed by atoms with Crippen molar-refractivity contribution in [3.63, 3.8) is 0 Å². The van der Waals surface area contributed by atoms with Gasteiger partial charge in [0, 0.05) is 35.1 Å². The fraction of sp³-hybridized carbons (Fsp3) is 0.308. The van der Waals surface area contributed by atoms with Crippen LogP contribution in [0.15, 0.2) is 28.1 Å². The summed E-state index contributed by atoms with van der Waals surface area (Å²) < 4.78 is 1.09. The Labute approximate surface area is 120 Å². The largest absolute Gasteiger partial charge is 0.399 e. The maximum absolute atomic E-state index is 5.77. The van der Waals surface area contributed by atoms with Gasteiger partial charge in [-0.25, -0.2) is 4.98 Å². The van der Waals surface area contributed by atoms with E-state index in [-0.39, 0.29) is 0 Å². The molecule has 1 aromatic heterocycles. The van der Waals surface area contributed by atoms with E-state index in [0.29, 0.717) is 0 Å². The fourth-order valence-corrected chi connectivity index (χ4v) is 2.73. The van der Waals surface area contributed by atoms with Crippen LogP contribution in [-0.4, -0.2) is 11.5 Å². The Kier molecular flexibility index (Phi) is 4.74. The molecule has 18 heavy (non-hydrogen) atoms. The highest BCUT2D eigenvalue weighted by molar-refractivity contribution is 9.10. The van der Waals surface area contributed by atoms with Gasteiger partial charge in [-0.1, -0.05) is 15.9 Å². The minimum atomic E-state index is 0.796. The van der Waals surface area contributed by atoms with Crippen molar-refractivity contribution in [3.05, 3.63) is 44.3 Å². The van der Waals surface area contributed by atoms with Gasteiger partial charge in [0.15, 0.2) is 0 Å². The Morgan fingerprint density at radius 3 is 3.00 bits per heavy atom. The van der Waals surface area contributed by atoms with Gasteiger partial charge < -0.3 is 11.1 Å². The summed E-state index contributed by atoms with van der Waals surface area (Å²) in [5.74, 6) is 0. The first-order valence-corrected chi connectivity index (χ1v) is 7.48. The van der Waals surface area contributed by atoms with Crippen LogP contribution < -0.4 is 11.1 Å². The number of benzene rings is 1. The van der Waals surface area contributed by atoms with Crippen LogP contribution in [0.5, 0.6) is 0 Å². The van der Waals surface area contributed by atoms with E-state index in [1.807, 2.05) is 25.1 Å². The number of rotatable bonds is 5. The van der Waals surface area contributed by atoms with Crippen LogP contribution in [0.1, 0.15) is 16.3 Å². The van der Waals surface area contributed by atoms with E-state index in [0.717, 1.165) is 40.4 Å². The molecule has 0 aliphatic carbocycles. The average molecular weight is 326 g/mol. The maximum Gasteiger partial charge on any atom is 0.0897 e. The predicted octanol–water partition coefficient (Wildman–Crippen LogP) is 3.13. The molecule has 5 heteroatoms. The summed E-state index contributed by atoms with van der Waals surface area (Å²) in [6, 6.07) is 5.87. The van der Waals surface area contributed by atoms with Crippen LogP contribution in [-0.2, 0) is 13.0 Å². The summed E-state index contributed by atoms with van der Waals surface area (Å²) >= 11 is 5.22. The Morgan fingerprint density at radius 2 is 2.28 bits per heavy atom. The molecule has 0 atom stereocenters. The zero-order valence-electron chi connectivity index (χ0n) is 10.2. The second kappa shape index (κ2) is 6.31. The standard InChI is InChI=1S/C13H16BrN3S/c1-9-17-12(8-18-9)4-5-16-7-10-6-11(15)2-3-13(10)14/h2-3,6,8,16H,4-5,7,15H2,1H3. The first-order chi connectivity index (χ1) is 8.65. The Hall–Kier alpha value is -0.910. The van der Waals surface area contributed by atoms with Gasteiger partial charge in [0.1, 0.15) is 0 Å². The molecule has 1 heterocycles. The molecule has 1 aromatic carbocycles. The summed E-state index contributed by atoms with van der Waals surface area (Å²) in [6.07, 6.45) is 0.963. The Morgan fingerprint density at radius 1 is 1.44 bits per heavy atom. The third-order valence-electron chi connectivity index (χ3n) is 2.61. The minimum absolute atomic E-state index is 0.796. The van der Waals surface area contributed by atoms with E-state index in [2.05, 4.69) is 31.6 Å². The molecule has 0 bridgehead atoms. The van der Waals surface area contributed by atoms with Crippen molar-refractivity contribution < 1.29 is 0 Å². The number of nitrogens with zero attached hydrogens (tertiary/aromatic N) is 1. The average Bonchev–Trinajstić information content (AvgIpc) is 2.75. The van der Waals surface area contributed by atoms with Gasteiger partial charge in [-0.3, -0.25) is 0 Å². The van der Waals surface area contributed by atoms with Crippen molar-refractivity contribution in [2.75, 3.05) is 12.3 Å². The van der Waals surface area contributed by atoms with E-state index in [1.165, 1.54) is 5.56 Å². The van der Waals surface area contributed by atoms with E-state index >= 15 is 0 Å². The second-order valence-corrected chi connectivity index (χ2v) is 6.05. The molecule has 0 fully saturated rings. The highest BCUT2D eigenvalue weighted by Gasteiger charge is 2.01. The Balaban J connectivity index is 1.80. The normalized spacial score (nSPS) is 10.8. The number of nitrogen functional groups attached to an aromatic ring is 1. The third-order valence-corrected chi connectivity index (χ3v) is 4.21. The van der Waals surface area contributed by atoms with Gasteiger partial charge in [0.25, 0.3) is 0 Å². The number of nitrogens with two attached hydrogens (primary N) is 1. The minimum Gasteiger partial charge on any atom is -0.399 e. The molecular formula is C13H16BrN3S. The van der Waals surface area contributed by atoms with Crippen molar-refractivity contribution in [3.8, 4) is 0 Å². The summed E-state index contributed by atoms with van der Waals surface area (Å²) in [4.78, 5) is 4.44.